The van der Waals surface area contributed by atoms with Gasteiger partial charge in [-0.05, 0) is 62.8 Å². The minimum atomic E-state index is 0.000145. The number of hydrogen-bond acceptors (Lipinski definition) is 2. The van der Waals surface area contributed by atoms with E-state index in [1.54, 1.807) is 0 Å². The first-order chi connectivity index (χ1) is 12.0. The van der Waals surface area contributed by atoms with Gasteiger partial charge in [-0.2, -0.15) is 0 Å². The number of benzene rings is 1. The van der Waals surface area contributed by atoms with E-state index in [0.29, 0.717) is 5.91 Å². The van der Waals surface area contributed by atoms with Crippen LogP contribution in [0, 0.1) is 19.8 Å². The maximum absolute atomic E-state index is 12.6. The SMILES string of the molecule is Cc1ccc(C(=O)NC2CCN(C(=O)C3CCCCC3)CC2)cc1C. The summed E-state index contributed by atoms with van der Waals surface area (Å²) in [6.45, 7) is 5.62. The van der Waals surface area contributed by atoms with Crippen LogP contribution in [-0.2, 0) is 4.79 Å². The number of aryl methyl sites for hydroxylation is 2. The molecule has 1 saturated carbocycles. The van der Waals surface area contributed by atoms with E-state index < -0.39 is 0 Å². The van der Waals surface area contributed by atoms with Gasteiger partial charge >= 0.3 is 0 Å². The van der Waals surface area contributed by atoms with Crippen LogP contribution in [0.15, 0.2) is 18.2 Å². The average molecular weight is 342 g/mol. The topological polar surface area (TPSA) is 49.4 Å². The van der Waals surface area contributed by atoms with E-state index in [4.69, 9.17) is 0 Å². The van der Waals surface area contributed by atoms with Gasteiger partial charge in [0.1, 0.15) is 0 Å². The van der Waals surface area contributed by atoms with Gasteiger partial charge in [0.05, 0.1) is 0 Å². The van der Waals surface area contributed by atoms with E-state index in [2.05, 4.69) is 12.2 Å². The molecule has 1 aromatic carbocycles. The first-order valence-electron chi connectivity index (χ1n) is 9.71. The predicted octanol–water partition coefficient (Wildman–Crippen LogP) is 3.60. The number of nitrogens with zero attached hydrogens (tertiary/aromatic N) is 1. The van der Waals surface area contributed by atoms with Crippen LogP contribution < -0.4 is 5.32 Å². The molecule has 0 atom stereocenters. The minimum absolute atomic E-state index is 0.000145. The Bertz CT molecular complexity index is 627. The molecule has 2 aliphatic rings. The number of piperidine rings is 1. The van der Waals surface area contributed by atoms with Crippen LogP contribution >= 0.6 is 0 Å². The van der Waals surface area contributed by atoms with Gasteiger partial charge < -0.3 is 10.2 Å². The third kappa shape index (κ3) is 4.42. The van der Waals surface area contributed by atoms with E-state index in [0.717, 1.165) is 49.9 Å². The smallest absolute Gasteiger partial charge is 0.251 e. The highest BCUT2D eigenvalue weighted by atomic mass is 16.2. The molecule has 0 bridgehead atoms. The molecule has 1 heterocycles. The second-order valence-electron chi connectivity index (χ2n) is 7.71. The molecule has 0 spiro atoms. The molecule has 0 aromatic heterocycles. The zero-order valence-electron chi connectivity index (χ0n) is 15.5. The van der Waals surface area contributed by atoms with Crippen molar-refractivity contribution in [3.63, 3.8) is 0 Å². The Morgan fingerprint density at radius 2 is 1.64 bits per heavy atom. The summed E-state index contributed by atoms with van der Waals surface area (Å²) in [5.41, 5.74) is 3.07. The molecule has 4 heteroatoms. The fourth-order valence-electron chi connectivity index (χ4n) is 4.00. The Kier molecular flexibility index (Phi) is 5.77. The number of nitrogens with one attached hydrogen (secondary N) is 1. The molecule has 25 heavy (non-hydrogen) atoms. The Morgan fingerprint density at radius 3 is 2.28 bits per heavy atom. The third-order valence-electron chi connectivity index (χ3n) is 5.87. The number of likely N-dealkylation sites (tertiary alicyclic amines) is 1. The summed E-state index contributed by atoms with van der Waals surface area (Å²) >= 11 is 0. The summed E-state index contributed by atoms with van der Waals surface area (Å²) in [4.78, 5) is 27.1. The van der Waals surface area contributed by atoms with Gasteiger partial charge in [0.2, 0.25) is 5.91 Å². The quantitative estimate of drug-likeness (QED) is 0.912. The second kappa shape index (κ2) is 8.03. The van der Waals surface area contributed by atoms with Crippen molar-refractivity contribution in [2.24, 2.45) is 5.92 Å². The molecule has 2 fully saturated rings. The van der Waals surface area contributed by atoms with Crippen LogP contribution in [0.2, 0.25) is 0 Å². The fourth-order valence-corrected chi connectivity index (χ4v) is 4.00. The van der Waals surface area contributed by atoms with Crippen molar-refractivity contribution in [3.8, 4) is 0 Å². The number of amides is 2. The zero-order chi connectivity index (χ0) is 17.8. The summed E-state index contributed by atoms with van der Waals surface area (Å²) in [6, 6.07) is 6.01. The third-order valence-corrected chi connectivity index (χ3v) is 5.87. The molecule has 3 rings (SSSR count). The monoisotopic (exact) mass is 342 g/mol. The maximum Gasteiger partial charge on any atom is 0.251 e. The Labute approximate surface area is 151 Å². The van der Waals surface area contributed by atoms with Crippen molar-refractivity contribution in [1.82, 2.24) is 10.2 Å². The first-order valence-corrected chi connectivity index (χ1v) is 9.71. The molecule has 0 unspecified atom stereocenters. The van der Waals surface area contributed by atoms with E-state index in [1.165, 1.54) is 24.8 Å². The molecule has 136 valence electrons. The van der Waals surface area contributed by atoms with Crippen LogP contribution in [0.5, 0.6) is 0 Å². The molecule has 0 radical (unpaired) electrons. The van der Waals surface area contributed by atoms with Crippen LogP contribution in [-0.4, -0.2) is 35.8 Å². The highest BCUT2D eigenvalue weighted by Crippen LogP contribution is 2.26. The average Bonchev–Trinajstić information content (AvgIpc) is 2.64. The second-order valence-corrected chi connectivity index (χ2v) is 7.71. The number of rotatable bonds is 3. The Balaban J connectivity index is 1.49. The lowest BCUT2D eigenvalue weighted by Crippen LogP contribution is -2.48. The van der Waals surface area contributed by atoms with E-state index in [9.17, 15) is 9.59 Å². The molecule has 1 aromatic rings. The summed E-state index contributed by atoms with van der Waals surface area (Å²) in [5, 5.41) is 3.14. The van der Waals surface area contributed by atoms with Crippen molar-refractivity contribution in [3.05, 3.63) is 34.9 Å². The van der Waals surface area contributed by atoms with Gasteiger partial charge in [-0.1, -0.05) is 25.3 Å². The molecule has 1 saturated heterocycles. The number of carbonyl (C=O) groups excluding carboxylic acids is 2. The highest BCUT2D eigenvalue weighted by molar-refractivity contribution is 5.94. The lowest BCUT2D eigenvalue weighted by Gasteiger charge is -2.35. The van der Waals surface area contributed by atoms with Gasteiger partial charge in [-0.3, -0.25) is 9.59 Å². The van der Waals surface area contributed by atoms with E-state index in [-0.39, 0.29) is 17.9 Å². The standard InChI is InChI=1S/C21H30N2O2/c1-15-8-9-18(14-16(15)2)20(24)22-19-10-12-23(13-11-19)21(25)17-6-4-3-5-7-17/h8-9,14,17,19H,3-7,10-13H2,1-2H3,(H,22,24). The fraction of sp³-hybridized carbons (Fsp3) is 0.619. The molecular formula is C21H30N2O2. The van der Waals surface area contributed by atoms with Crippen LogP contribution in [0.1, 0.15) is 66.4 Å². The maximum atomic E-state index is 12.6. The van der Waals surface area contributed by atoms with Crippen LogP contribution in [0.3, 0.4) is 0 Å². The van der Waals surface area contributed by atoms with Crippen LogP contribution in [0.25, 0.3) is 0 Å². The number of hydrogen-bond donors (Lipinski definition) is 1. The van der Waals surface area contributed by atoms with Gasteiger partial charge in [-0.25, -0.2) is 0 Å². The van der Waals surface area contributed by atoms with E-state index in [1.807, 2.05) is 30.0 Å². The van der Waals surface area contributed by atoms with Crippen molar-refractivity contribution in [2.75, 3.05) is 13.1 Å². The first kappa shape index (κ1) is 18.0. The molecule has 2 amide bonds. The molecular weight excluding hydrogens is 312 g/mol. The summed E-state index contributed by atoms with van der Waals surface area (Å²) in [7, 11) is 0. The Hall–Kier alpha value is -1.84. The van der Waals surface area contributed by atoms with Gasteiger partial charge in [-0.15, -0.1) is 0 Å². The van der Waals surface area contributed by atoms with E-state index >= 15 is 0 Å². The van der Waals surface area contributed by atoms with Crippen molar-refractivity contribution >= 4 is 11.8 Å². The molecule has 1 N–H and O–H groups in total. The summed E-state index contributed by atoms with van der Waals surface area (Å²) in [6.07, 6.45) is 7.49. The van der Waals surface area contributed by atoms with Crippen molar-refractivity contribution in [1.29, 1.82) is 0 Å². The predicted molar refractivity (Wildman–Crippen MR) is 99.6 cm³/mol. The zero-order valence-corrected chi connectivity index (χ0v) is 15.5. The van der Waals surface area contributed by atoms with Crippen molar-refractivity contribution in [2.45, 2.75) is 64.8 Å². The van der Waals surface area contributed by atoms with Crippen molar-refractivity contribution < 1.29 is 9.59 Å². The Morgan fingerprint density at radius 1 is 0.960 bits per heavy atom. The lowest BCUT2D eigenvalue weighted by atomic mass is 9.87. The highest BCUT2D eigenvalue weighted by Gasteiger charge is 2.29. The van der Waals surface area contributed by atoms with Gasteiger partial charge in [0.25, 0.3) is 5.91 Å². The summed E-state index contributed by atoms with van der Waals surface area (Å²) in [5.74, 6) is 0.592. The molecule has 1 aliphatic carbocycles. The largest absolute Gasteiger partial charge is 0.349 e. The number of carbonyl (C=O) groups is 2. The minimum Gasteiger partial charge on any atom is -0.349 e. The lowest BCUT2D eigenvalue weighted by molar-refractivity contribution is -0.137. The van der Waals surface area contributed by atoms with Gasteiger partial charge in [0.15, 0.2) is 0 Å². The van der Waals surface area contributed by atoms with Gasteiger partial charge in [0, 0.05) is 30.6 Å². The molecule has 1 aliphatic heterocycles. The van der Waals surface area contributed by atoms with Crippen LogP contribution in [0.4, 0.5) is 0 Å². The summed E-state index contributed by atoms with van der Waals surface area (Å²) < 4.78 is 0. The normalized spacial score (nSPS) is 19.7. The molecule has 4 nitrogen and oxygen atoms in total.